The molecule has 6 heteroatoms. The van der Waals surface area contributed by atoms with Crippen LogP contribution in [0.15, 0.2) is 47.4 Å². The van der Waals surface area contributed by atoms with E-state index in [0.717, 1.165) is 0 Å². The van der Waals surface area contributed by atoms with Crippen molar-refractivity contribution in [1.29, 1.82) is 0 Å². The molecule has 2 N–H and O–H groups in total. The second-order valence-electron chi connectivity index (χ2n) is 4.58. The van der Waals surface area contributed by atoms with Gasteiger partial charge >= 0.3 is 0 Å². The van der Waals surface area contributed by atoms with E-state index < -0.39 is 15.7 Å². The first-order valence-electron chi connectivity index (χ1n) is 6.30. The largest absolute Gasteiger partial charge is 0.495 e. The minimum atomic E-state index is -3.63. The Morgan fingerprint density at radius 3 is 2.48 bits per heavy atom. The van der Waals surface area contributed by atoms with Gasteiger partial charge < -0.3 is 10.5 Å². The summed E-state index contributed by atoms with van der Waals surface area (Å²) in [5.74, 6) is -0.533. The maximum Gasteiger partial charge on any atom is 0.186 e. The van der Waals surface area contributed by atoms with Gasteiger partial charge in [-0.25, -0.2) is 12.8 Å². The van der Waals surface area contributed by atoms with Crippen molar-refractivity contribution < 1.29 is 17.5 Å². The summed E-state index contributed by atoms with van der Waals surface area (Å²) in [6.45, 7) is 0.152. The van der Waals surface area contributed by atoms with Crippen molar-refractivity contribution >= 4 is 9.84 Å². The molecule has 0 amide bonds. The van der Waals surface area contributed by atoms with E-state index in [2.05, 4.69) is 0 Å². The SMILES string of the molecule is COc1ccccc1S(=O)(=O)Cc1cc(F)cc(CN)c1. The normalized spacial score (nSPS) is 11.4. The molecule has 2 aromatic carbocycles. The van der Waals surface area contributed by atoms with Crippen molar-refractivity contribution in [3.05, 3.63) is 59.4 Å². The lowest BCUT2D eigenvalue weighted by Crippen LogP contribution is -2.08. The van der Waals surface area contributed by atoms with Gasteiger partial charge in [0.1, 0.15) is 16.5 Å². The number of halogens is 1. The molecule has 0 heterocycles. The molecule has 0 unspecified atom stereocenters. The minimum Gasteiger partial charge on any atom is -0.495 e. The number of hydrogen-bond donors (Lipinski definition) is 1. The van der Waals surface area contributed by atoms with Crippen molar-refractivity contribution in [3.63, 3.8) is 0 Å². The summed E-state index contributed by atoms with van der Waals surface area (Å²) in [5.41, 5.74) is 6.39. The molecule has 0 saturated heterocycles. The number of methoxy groups -OCH3 is 1. The Bertz CT molecular complexity index is 744. The lowest BCUT2D eigenvalue weighted by atomic mass is 10.1. The molecule has 0 aromatic heterocycles. The van der Waals surface area contributed by atoms with Crippen LogP contribution in [0.3, 0.4) is 0 Å². The summed E-state index contributed by atoms with van der Waals surface area (Å²) in [6, 6.07) is 10.4. The lowest BCUT2D eigenvalue weighted by molar-refractivity contribution is 0.402. The van der Waals surface area contributed by atoms with Crippen LogP contribution in [0.2, 0.25) is 0 Å². The molecular weight excluding hydrogens is 293 g/mol. The van der Waals surface area contributed by atoms with E-state index in [1.54, 1.807) is 24.3 Å². The van der Waals surface area contributed by atoms with E-state index in [4.69, 9.17) is 10.5 Å². The third-order valence-electron chi connectivity index (χ3n) is 3.01. The number of nitrogens with two attached hydrogens (primary N) is 1. The van der Waals surface area contributed by atoms with Crippen LogP contribution in [0, 0.1) is 5.82 Å². The Hall–Kier alpha value is -1.92. The second-order valence-corrected chi connectivity index (χ2v) is 6.54. The van der Waals surface area contributed by atoms with Crippen LogP contribution >= 0.6 is 0 Å². The average Bonchev–Trinajstić information content (AvgIpc) is 2.46. The molecule has 21 heavy (non-hydrogen) atoms. The zero-order chi connectivity index (χ0) is 15.5. The molecule has 4 nitrogen and oxygen atoms in total. The fourth-order valence-electron chi connectivity index (χ4n) is 2.09. The van der Waals surface area contributed by atoms with Crippen LogP contribution in [0.1, 0.15) is 11.1 Å². The van der Waals surface area contributed by atoms with E-state index >= 15 is 0 Å². The highest BCUT2D eigenvalue weighted by Gasteiger charge is 2.20. The molecule has 112 valence electrons. The van der Waals surface area contributed by atoms with Gasteiger partial charge in [0.05, 0.1) is 12.9 Å². The fourth-order valence-corrected chi connectivity index (χ4v) is 3.60. The number of ether oxygens (including phenoxy) is 1. The van der Waals surface area contributed by atoms with Crippen molar-refractivity contribution in [2.45, 2.75) is 17.2 Å². The molecule has 0 aliphatic rings. The molecule has 0 aliphatic heterocycles. The number of sulfone groups is 1. The zero-order valence-electron chi connectivity index (χ0n) is 11.5. The summed E-state index contributed by atoms with van der Waals surface area (Å²) >= 11 is 0. The first-order valence-corrected chi connectivity index (χ1v) is 7.95. The van der Waals surface area contributed by atoms with Crippen LogP contribution in [0.4, 0.5) is 4.39 Å². The molecule has 2 rings (SSSR count). The summed E-state index contributed by atoms with van der Waals surface area (Å²) in [7, 11) is -2.22. The van der Waals surface area contributed by atoms with Gasteiger partial charge in [0.2, 0.25) is 0 Å². The molecule has 0 radical (unpaired) electrons. The van der Waals surface area contributed by atoms with Crippen LogP contribution in [0.5, 0.6) is 5.75 Å². The Balaban J connectivity index is 2.40. The highest BCUT2D eigenvalue weighted by Crippen LogP contribution is 2.26. The molecular formula is C15H16FNO3S. The zero-order valence-corrected chi connectivity index (χ0v) is 12.4. The maximum absolute atomic E-state index is 13.5. The maximum atomic E-state index is 13.5. The molecule has 0 atom stereocenters. The summed E-state index contributed by atoms with van der Waals surface area (Å²) in [4.78, 5) is 0.0889. The van der Waals surface area contributed by atoms with Gasteiger partial charge in [-0.15, -0.1) is 0 Å². The van der Waals surface area contributed by atoms with E-state index in [1.165, 1.54) is 25.3 Å². The Morgan fingerprint density at radius 2 is 1.81 bits per heavy atom. The molecule has 0 fully saturated rings. The smallest absolute Gasteiger partial charge is 0.186 e. The number of hydrogen-bond acceptors (Lipinski definition) is 4. The molecule has 0 aliphatic carbocycles. The Labute approximate surface area is 123 Å². The highest BCUT2D eigenvalue weighted by molar-refractivity contribution is 7.90. The average molecular weight is 309 g/mol. The van der Waals surface area contributed by atoms with Crippen molar-refractivity contribution in [1.82, 2.24) is 0 Å². The van der Waals surface area contributed by atoms with Gasteiger partial charge in [-0.05, 0) is 35.4 Å². The Morgan fingerprint density at radius 1 is 1.14 bits per heavy atom. The molecule has 0 bridgehead atoms. The van der Waals surface area contributed by atoms with Gasteiger partial charge in [-0.3, -0.25) is 0 Å². The lowest BCUT2D eigenvalue weighted by Gasteiger charge is -2.10. The molecule has 0 spiro atoms. The van der Waals surface area contributed by atoms with E-state index in [9.17, 15) is 12.8 Å². The monoisotopic (exact) mass is 309 g/mol. The Kier molecular flexibility index (Phi) is 4.59. The van der Waals surface area contributed by atoms with E-state index in [0.29, 0.717) is 11.1 Å². The molecule has 0 saturated carbocycles. The van der Waals surface area contributed by atoms with E-state index in [-0.39, 0.29) is 22.9 Å². The van der Waals surface area contributed by atoms with Crippen molar-refractivity contribution in [3.8, 4) is 5.75 Å². The van der Waals surface area contributed by atoms with E-state index in [1.807, 2.05) is 0 Å². The predicted molar refractivity (Wildman–Crippen MR) is 78.2 cm³/mol. The van der Waals surface area contributed by atoms with Crippen LogP contribution in [-0.2, 0) is 22.1 Å². The first kappa shape index (κ1) is 15.5. The van der Waals surface area contributed by atoms with Crippen LogP contribution in [-0.4, -0.2) is 15.5 Å². The standard InChI is InChI=1S/C15H16FNO3S/c1-20-14-4-2-3-5-15(14)21(18,19)10-12-6-11(9-17)7-13(16)8-12/h2-8H,9-10,17H2,1H3. The summed E-state index contributed by atoms with van der Waals surface area (Å²) < 4.78 is 43.4. The third kappa shape index (κ3) is 3.59. The topological polar surface area (TPSA) is 69.4 Å². The fraction of sp³-hybridized carbons (Fsp3) is 0.200. The predicted octanol–water partition coefficient (Wildman–Crippen LogP) is 2.27. The van der Waals surface area contributed by atoms with Gasteiger partial charge in [0.25, 0.3) is 0 Å². The van der Waals surface area contributed by atoms with Crippen molar-refractivity contribution in [2.24, 2.45) is 5.73 Å². The van der Waals surface area contributed by atoms with Crippen molar-refractivity contribution in [2.75, 3.05) is 7.11 Å². The van der Waals surface area contributed by atoms with Crippen LogP contribution in [0.25, 0.3) is 0 Å². The van der Waals surface area contributed by atoms with Gasteiger partial charge in [-0.1, -0.05) is 18.2 Å². The summed E-state index contributed by atoms with van der Waals surface area (Å²) in [5, 5.41) is 0. The van der Waals surface area contributed by atoms with Gasteiger partial charge in [0.15, 0.2) is 9.84 Å². The van der Waals surface area contributed by atoms with Gasteiger partial charge in [-0.2, -0.15) is 0 Å². The summed E-state index contributed by atoms with van der Waals surface area (Å²) in [6.07, 6.45) is 0. The first-order chi connectivity index (χ1) is 9.96. The second kappa shape index (κ2) is 6.24. The van der Waals surface area contributed by atoms with Crippen LogP contribution < -0.4 is 10.5 Å². The molecule has 2 aromatic rings. The third-order valence-corrected chi connectivity index (χ3v) is 4.73. The number of benzene rings is 2. The minimum absolute atomic E-state index is 0.0889. The number of rotatable bonds is 5. The quantitative estimate of drug-likeness (QED) is 0.920. The number of para-hydroxylation sites is 1. The highest BCUT2D eigenvalue weighted by atomic mass is 32.2. The van der Waals surface area contributed by atoms with Gasteiger partial charge in [0, 0.05) is 6.54 Å².